The molecular weight excluding hydrogens is 262 g/mol. The van der Waals surface area contributed by atoms with Gasteiger partial charge in [0.05, 0.1) is 4.88 Å². The van der Waals surface area contributed by atoms with Crippen LogP contribution in [0.15, 0.2) is 12.1 Å². The second-order valence-electron chi connectivity index (χ2n) is 5.10. The Labute approximate surface area is 117 Å². The summed E-state index contributed by atoms with van der Waals surface area (Å²) in [4.78, 5) is 27.1. The largest absolute Gasteiger partial charge is 0.480 e. The molecule has 0 bridgehead atoms. The number of carbonyl (C=O) groups excluding carboxylic acids is 1. The fourth-order valence-corrected chi connectivity index (χ4v) is 3.35. The maximum atomic E-state index is 12.4. The van der Waals surface area contributed by atoms with Crippen molar-refractivity contribution in [1.29, 1.82) is 0 Å². The minimum atomic E-state index is -0.896. The summed E-state index contributed by atoms with van der Waals surface area (Å²) in [6, 6.07) is 3.08. The van der Waals surface area contributed by atoms with Crippen LogP contribution >= 0.6 is 11.3 Å². The third-order valence-electron chi connectivity index (χ3n) is 3.63. The van der Waals surface area contributed by atoms with Crippen molar-refractivity contribution in [1.82, 2.24) is 4.90 Å². The van der Waals surface area contributed by atoms with Crippen molar-refractivity contribution in [3.63, 3.8) is 0 Å². The molecule has 1 fully saturated rings. The standard InChI is InChI=1S/C14H19NO3S/c1-3-10-4-5-12(19-10)13(16)15-7-6-9(2)8-11(15)14(17)18/h4-5,9,11H,3,6-8H2,1-2H3,(H,17,18). The monoisotopic (exact) mass is 281 g/mol. The first kappa shape index (κ1) is 14.1. The molecule has 1 aromatic heterocycles. The van der Waals surface area contributed by atoms with Crippen LogP contribution < -0.4 is 0 Å². The number of piperidine rings is 1. The van der Waals surface area contributed by atoms with E-state index >= 15 is 0 Å². The van der Waals surface area contributed by atoms with E-state index in [0.717, 1.165) is 17.7 Å². The molecule has 0 aromatic carbocycles. The number of thiophene rings is 1. The SMILES string of the molecule is CCc1ccc(C(=O)N2CCC(C)CC2C(=O)O)s1. The molecule has 2 heterocycles. The zero-order valence-corrected chi connectivity index (χ0v) is 12.1. The van der Waals surface area contributed by atoms with Gasteiger partial charge < -0.3 is 10.0 Å². The van der Waals surface area contributed by atoms with Crippen LogP contribution in [0.3, 0.4) is 0 Å². The molecule has 0 aliphatic carbocycles. The molecule has 0 radical (unpaired) electrons. The summed E-state index contributed by atoms with van der Waals surface area (Å²) in [5.41, 5.74) is 0. The molecular formula is C14H19NO3S. The van der Waals surface area contributed by atoms with Crippen LogP contribution in [0.4, 0.5) is 0 Å². The molecule has 2 atom stereocenters. The fraction of sp³-hybridized carbons (Fsp3) is 0.571. The molecule has 1 aliphatic rings. The molecule has 5 heteroatoms. The number of carboxylic acid groups (broad SMARTS) is 1. The van der Waals surface area contributed by atoms with Crippen LogP contribution in [0, 0.1) is 5.92 Å². The van der Waals surface area contributed by atoms with Gasteiger partial charge in [0.25, 0.3) is 5.91 Å². The van der Waals surface area contributed by atoms with E-state index in [1.807, 2.05) is 26.0 Å². The number of nitrogens with zero attached hydrogens (tertiary/aromatic N) is 1. The normalized spacial score (nSPS) is 23.4. The highest BCUT2D eigenvalue weighted by molar-refractivity contribution is 7.14. The zero-order valence-electron chi connectivity index (χ0n) is 11.3. The minimum Gasteiger partial charge on any atom is -0.480 e. The average molecular weight is 281 g/mol. The number of carboxylic acids is 1. The van der Waals surface area contributed by atoms with Gasteiger partial charge in [-0.2, -0.15) is 0 Å². The second-order valence-corrected chi connectivity index (χ2v) is 6.27. The fourth-order valence-electron chi connectivity index (χ4n) is 2.44. The van der Waals surface area contributed by atoms with E-state index in [2.05, 4.69) is 0 Å². The van der Waals surface area contributed by atoms with Gasteiger partial charge in [0.2, 0.25) is 0 Å². The van der Waals surface area contributed by atoms with E-state index in [1.54, 1.807) is 0 Å². The Kier molecular flexibility index (Phi) is 4.24. The highest BCUT2D eigenvalue weighted by Crippen LogP contribution is 2.26. The van der Waals surface area contributed by atoms with Gasteiger partial charge in [-0.3, -0.25) is 4.79 Å². The molecule has 1 aliphatic heterocycles. The first-order chi connectivity index (χ1) is 9.02. The maximum absolute atomic E-state index is 12.4. The number of amides is 1. The number of rotatable bonds is 3. The van der Waals surface area contributed by atoms with Gasteiger partial charge in [-0.1, -0.05) is 13.8 Å². The Hall–Kier alpha value is -1.36. The second kappa shape index (κ2) is 5.74. The van der Waals surface area contributed by atoms with Crippen molar-refractivity contribution in [3.8, 4) is 0 Å². The van der Waals surface area contributed by atoms with Gasteiger partial charge in [-0.05, 0) is 37.3 Å². The summed E-state index contributed by atoms with van der Waals surface area (Å²) in [6.45, 7) is 4.62. The molecule has 2 unspecified atom stereocenters. The van der Waals surface area contributed by atoms with Crippen LogP contribution in [0.1, 0.15) is 41.2 Å². The van der Waals surface area contributed by atoms with Crippen molar-refractivity contribution in [2.75, 3.05) is 6.54 Å². The van der Waals surface area contributed by atoms with Crippen LogP contribution in [0.2, 0.25) is 0 Å². The number of hydrogen-bond acceptors (Lipinski definition) is 3. The molecule has 1 saturated heterocycles. The Balaban J connectivity index is 2.18. The number of carbonyl (C=O) groups is 2. The van der Waals surface area contributed by atoms with Crippen molar-refractivity contribution in [2.24, 2.45) is 5.92 Å². The topological polar surface area (TPSA) is 57.6 Å². The van der Waals surface area contributed by atoms with Gasteiger partial charge >= 0.3 is 5.97 Å². The van der Waals surface area contributed by atoms with Crippen molar-refractivity contribution in [3.05, 3.63) is 21.9 Å². The van der Waals surface area contributed by atoms with E-state index in [-0.39, 0.29) is 5.91 Å². The predicted octanol–water partition coefficient (Wildman–Crippen LogP) is 2.64. The molecule has 1 N–H and O–H groups in total. The quantitative estimate of drug-likeness (QED) is 0.926. The third kappa shape index (κ3) is 2.97. The van der Waals surface area contributed by atoms with Crippen LogP contribution in [0.5, 0.6) is 0 Å². The average Bonchev–Trinajstić information content (AvgIpc) is 2.86. The Morgan fingerprint density at radius 2 is 2.21 bits per heavy atom. The lowest BCUT2D eigenvalue weighted by Crippen LogP contribution is -2.49. The summed E-state index contributed by atoms with van der Waals surface area (Å²) in [5.74, 6) is -0.671. The molecule has 4 nitrogen and oxygen atoms in total. The first-order valence-corrected chi connectivity index (χ1v) is 7.47. The molecule has 1 aromatic rings. The van der Waals surface area contributed by atoms with E-state index in [1.165, 1.54) is 16.2 Å². The summed E-state index contributed by atoms with van der Waals surface area (Å²) in [7, 11) is 0. The maximum Gasteiger partial charge on any atom is 0.326 e. The number of likely N-dealkylation sites (tertiary alicyclic amines) is 1. The summed E-state index contributed by atoms with van der Waals surface area (Å²) >= 11 is 1.47. The van der Waals surface area contributed by atoms with E-state index < -0.39 is 12.0 Å². The van der Waals surface area contributed by atoms with Gasteiger partial charge in [-0.15, -0.1) is 11.3 Å². The van der Waals surface area contributed by atoms with Crippen LogP contribution in [-0.2, 0) is 11.2 Å². The van der Waals surface area contributed by atoms with E-state index in [0.29, 0.717) is 23.8 Å². The van der Waals surface area contributed by atoms with Crippen LogP contribution in [0.25, 0.3) is 0 Å². The molecule has 19 heavy (non-hydrogen) atoms. The van der Waals surface area contributed by atoms with E-state index in [9.17, 15) is 14.7 Å². The molecule has 0 saturated carbocycles. The smallest absolute Gasteiger partial charge is 0.326 e. The van der Waals surface area contributed by atoms with Crippen molar-refractivity contribution in [2.45, 2.75) is 39.2 Å². The highest BCUT2D eigenvalue weighted by Gasteiger charge is 2.35. The Morgan fingerprint density at radius 3 is 2.79 bits per heavy atom. The van der Waals surface area contributed by atoms with Gasteiger partial charge in [-0.25, -0.2) is 4.79 Å². The highest BCUT2D eigenvalue weighted by atomic mass is 32.1. The zero-order chi connectivity index (χ0) is 14.0. The van der Waals surface area contributed by atoms with Crippen LogP contribution in [-0.4, -0.2) is 34.5 Å². The molecule has 104 valence electrons. The number of hydrogen-bond donors (Lipinski definition) is 1. The minimum absolute atomic E-state index is 0.135. The summed E-state index contributed by atoms with van der Waals surface area (Å²) in [5, 5.41) is 9.28. The van der Waals surface area contributed by atoms with E-state index in [4.69, 9.17) is 0 Å². The molecule has 2 rings (SSSR count). The number of aryl methyl sites for hydroxylation is 1. The Morgan fingerprint density at radius 1 is 1.47 bits per heavy atom. The lowest BCUT2D eigenvalue weighted by Gasteiger charge is -2.35. The lowest BCUT2D eigenvalue weighted by atomic mass is 9.92. The number of aliphatic carboxylic acids is 1. The van der Waals surface area contributed by atoms with Crippen molar-refractivity contribution < 1.29 is 14.7 Å². The van der Waals surface area contributed by atoms with Gasteiger partial charge in [0.15, 0.2) is 0 Å². The van der Waals surface area contributed by atoms with Gasteiger partial charge in [0, 0.05) is 11.4 Å². The van der Waals surface area contributed by atoms with Gasteiger partial charge in [0.1, 0.15) is 6.04 Å². The first-order valence-electron chi connectivity index (χ1n) is 6.65. The predicted molar refractivity (Wildman–Crippen MR) is 74.6 cm³/mol. The summed E-state index contributed by atoms with van der Waals surface area (Å²) < 4.78 is 0. The van der Waals surface area contributed by atoms with Crippen molar-refractivity contribution >= 4 is 23.2 Å². The Bertz CT molecular complexity index is 483. The summed E-state index contributed by atoms with van der Waals surface area (Å²) in [6.07, 6.45) is 2.33. The lowest BCUT2D eigenvalue weighted by molar-refractivity contribution is -0.144. The molecule has 0 spiro atoms. The molecule has 1 amide bonds. The third-order valence-corrected chi connectivity index (χ3v) is 4.85.